The number of piperidine rings is 1. The van der Waals surface area contributed by atoms with Gasteiger partial charge in [-0.2, -0.15) is 5.26 Å². The summed E-state index contributed by atoms with van der Waals surface area (Å²) in [6, 6.07) is 11.5. The molecule has 1 aromatic heterocycles. The van der Waals surface area contributed by atoms with Crippen LogP contribution < -0.4 is 0 Å². The Kier molecular flexibility index (Phi) is 6.99. The van der Waals surface area contributed by atoms with Crippen LogP contribution in [0.15, 0.2) is 36.5 Å². The fourth-order valence-corrected chi connectivity index (χ4v) is 4.01. The summed E-state index contributed by atoms with van der Waals surface area (Å²) in [5.41, 5.74) is 4.20. The first kappa shape index (κ1) is 21.7. The van der Waals surface area contributed by atoms with E-state index in [0.29, 0.717) is 48.9 Å². The number of hydrogen-bond acceptors (Lipinski definition) is 4. The van der Waals surface area contributed by atoms with Crippen LogP contribution in [0.1, 0.15) is 71.8 Å². The number of aryl methyl sites for hydroxylation is 1. The van der Waals surface area contributed by atoms with Crippen molar-refractivity contribution >= 4 is 11.7 Å². The molecule has 1 fully saturated rings. The lowest BCUT2D eigenvalue weighted by Crippen LogP contribution is -2.38. The number of carbonyl (C=O) groups is 2. The van der Waals surface area contributed by atoms with E-state index in [2.05, 4.69) is 11.1 Å². The van der Waals surface area contributed by atoms with E-state index in [4.69, 9.17) is 5.26 Å². The Morgan fingerprint density at radius 1 is 1.20 bits per heavy atom. The molecule has 5 nitrogen and oxygen atoms in total. The van der Waals surface area contributed by atoms with Crippen LogP contribution in [0.3, 0.4) is 0 Å². The molecule has 1 aliphatic heterocycles. The fraction of sp³-hybridized carbons (Fsp3) is 0.440. The van der Waals surface area contributed by atoms with Crippen molar-refractivity contribution < 1.29 is 9.59 Å². The number of rotatable bonds is 6. The van der Waals surface area contributed by atoms with Crippen molar-refractivity contribution in [2.24, 2.45) is 5.92 Å². The van der Waals surface area contributed by atoms with Gasteiger partial charge in [0.05, 0.1) is 5.56 Å². The van der Waals surface area contributed by atoms with Gasteiger partial charge >= 0.3 is 0 Å². The summed E-state index contributed by atoms with van der Waals surface area (Å²) < 4.78 is 0. The van der Waals surface area contributed by atoms with Crippen molar-refractivity contribution in [3.8, 4) is 6.07 Å². The molecule has 0 radical (unpaired) electrons. The van der Waals surface area contributed by atoms with E-state index in [1.165, 1.54) is 0 Å². The largest absolute Gasteiger partial charge is 0.339 e. The number of pyridine rings is 1. The summed E-state index contributed by atoms with van der Waals surface area (Å²) in [7, 11) is 0. The number of benzene rings is 1. The fourth-order valence-electron chi connectivity index (χ4n) is 4.01. The van der Waals surface area contributed by atoms with Crippen LogP contribution >= 0.6 is 0 Å². The van der Waals surface area contributed by atoms with Gasteiger partial charge in [0.2, 0.25) is 0 Å². The lowest BCUT2D eigenvalue weighted by molar-refractivity contribution is -0.119. The summed E-state index contributed by atoms with van der Waals surface area (Å²) in [6.45, 7) is 7.44. The van der Waals surface area contributed by atoms with E-state index < -0.39 is 0 Å². The second kappa shape index (κ2) is 9.67. The summed E-state index contributed by atoms with van der Waals surface area (Å²) in [6.07, 6.45) is 4.28. The molecule has 1 aliphatic rings. The molecule has 0 unspecified atom stereocenters. The van der Waals surface area contributed by atoms with Crippen LogP contribution in [-0.2, 0) is 11.2 Å². The minimum Gasteiger partial charge on any atom is -0.339 e. The summed E-state index contributed by atoms with van der Waals surface area (Å²) in [4.78, 5) is 31.6. The number of aromatic nitrogens is 1. The molecule has 1 saturated heterocycles. The highest BCUT2D eigenvalue weighted by atomic mass is 16.2. The zero-order valence-corrected chi connectivity index (χ0v) is 18.0. The Morgan fingerprint density at radius 3 is 2.53 bits per heavy atom. The molecule has 0 N–H and O–H groups in total. The number of hydrogen-bond donors (Lipinski definition) is 0. The highest BCUT2D eigenvalue weighted by Crippen LogP contribution is 2.28. The van der Waals surface area contributed by atoms with Crippen molar-refractivity contribution in [3.05, 3.63) is 64.5 Å². The molecule has 30 heavy (non-hydrogen) atoms. The quantitative estimate of drug-likeness (QED) is 0.715. The van der Waals surface area contributed by atoms with E-state index in [1.807, 2.05) is 49.9 Å². The minimum absolute atomic E-state index is 0.0267. The maximum atomic E-state index is 13.0. The van der Waals surface area contributed by atoms with Gasteiger partial charge in [0, 0.05) is 49.3 Å². The van der Waals surface area contributed by atoms with Gasteiger partial charge in [0.25, 0.3) is 5.91 Å². The Morgan fingerprint density at radius 2 is 1.93 bits per heavy atom. The summed E-state index contributed by atoms with van der Waals surface area (Å²) in [5.74, 6) is 0.894. The van der Waals surface area contributed by atoms with E-state index in [-0.39, 0.29) is 11.7 Å². The molecule has 156 valence electrons. The van der Waals surface area contributed by atoms with Gasteiger partial charge in [-0.3, -0.25) is 14.6 Å². The second-order valence-electron chi connectivity index (χ2n) is 8.60. The topological polar surface area (TPSA) is 74.1 Å². The number of ketones is 1. The molecule has 3 rings (SSSR count). The molecule has 0 spiro atoms. The number of carbonyl (C=O) groups excluding carboxylic acids is 2. The normalized spacial score (nSPS) is 14.6. The molecular weight excluding hydrogens is 374 g/mol. The Hall–Kier alpha value is -3.00. The van der Waals surface area contributed by atoms with Crippen LogP contribution in [0.5, 0.6) is 0 Å². The molecule has 2 heterocycles. The van der Waals surface area contributed by atoms with E-state index in [0.717, 1.165) is 29.7 Å². The predicted molar refractivity (Wildman–Crippen MR) is 116 cm³/mol. The van der Waals surface area contributed by atoms with E-state index in [9.17, 15) is 9.59 Å². The minimum atomic E-state index is 0.0267. The highest BCUT2D eigenvalue weighted by molar-refractivity contribution is 5.95. The van der Waals surface area contributed by atoms with Gasteiger partial charge in [-0.05, 0) is 61.1 Å². The van der Waals surface area contributed by atoms with Crippen molar-refractivity contribution in [1.29, 1.82) is 5.26 Å². The van der Waals surface area contributed by atoms with Crippen molar-refractivity contribution in [1.82, 2.24) is 9.88 Å². The SMILES string of the molecule is Cc1ccc(C(=O)N2CCC(c3ccc(C#N)cn3)CC2)cc1CC(=O)CC(C)C. The lowest BCUT2D eigenvalue weighted by Gasteiger charge is -2.32. The van der Waals surface area contributed by atoms with Gasteiger partial charge < -0.3 is 4.90 Å². The predicted octanol–water partition coefficient (Wildman–Crippen LogP) is 4.44. The van der Waals surface area contributed by atoms with E-state index in [1.54, 1.807) is 12.3 Å². The number of Topliss-reactive ketones (excluding diaryl/α,β-unsaturated/α-hetero) is 1. The zero-order chi connectivity index (χ0) is 21.7. The van der Waals surface area contributed by atoms with Crippen LogP contribution in [0.2, 0.25) is 0 Å². The first-order valence-electron chi connectivity index (χ1n) is 10.6. The van der Waals surface area contributed by atoms with Crippen LogP contribution in [0.25, 0.3) is 0 Å². The van der Waals surface area contributed by atoms with Gasteiger partial charge in [-0.15, -0.1) is 0 Å². The van der Waals surface area contributed by atoms with Crippen molar-refractivity contribution in [3.63, 3.8) is 0 Å². The Bertz CT molecular complexity index is 949. The van der Waals surface area contributed by atoms with Gasteiger partial charge in [-0.1, -0.05) is 19.9 Å². The van der Waals surface area contributed by atoms with Crippen LogP contribution in [0.4, 0.5) is 0 Å². The smallest absolute Gasteiger partial charge is 0.253 e. The van der Waals surface area contributed by atoms with Gasteiger partial charge in [0.15, 0.2) is 0 Å². The number of amides is 1. The zero-order valence-electron chi connectivity index (χ0n) is 18.0. The summed E-state index contributed by atoms with van der Waals surface area (Å²) in [5, 5.41) is 8.91. The van der Waals surface area contributed by atoms with Gasteiger partial charge in [0.1, 0.15) is 11.9 Å². The average Bonchev–Trinajstić information content (AvgIpc) is 2.74. The third-order valence-corrected chi connectivity index (χ3v) is 5.74. The van der Waals surface area contributed by atoms with E-state index >= 15 is 0 Å². The van der Waals surface area contributed by atoms with Gasteiger partial charge in [-0.25, -0.2) is 0 Å². The van der Waals surface area contributed by atoms with Crippen molar-refractivity contribution in [2.45, 2.75) is 52.4 Å². The molecule has 0 atom stereocenters. The Labute approximate surface area is 178 Å². The molecule has 0 aliphatic carbocycles. The molecular formula is C25H29N3O2. The molecule has 2 aromatic rings. The molecule has 0 bridgehead atoms. The molecule has 1 amide bonds. The third-order valence-electron chi connectivity index (χ3n) is 5.74. The number of nitriles is 1. The molecule has 5 heteroatoms. The standard InChI is InChI=1S/C25H29N3O2/c1-17(2)12-23(29)14-22-13-21(6-4-18(22)3)25(30)28-10-8-20(9-11-28)24-7-5-19(15-26)16-27-24/h4-7,13,16-17,20H,8-12,14H2,1-3H3. The maximum absolute atomic E-state index is 13.0. The highest BCUT2D eigenvalue weighted by Gasteiger charge is 2.25. The first-order chi connectivity index (χ1) is 14.4. The lowest BCUT2D eigenvalue weighted by atomic mass is 9.92. The number of nitrogens with zero attached hydrogens (tertiary/aromatic N) is 3. The van der Waals surface area contributed by atoms with Crippen LogP contribution in [0, 0.1) is 24.2 Å². The monoisotopic (exact) mass is 403 g/mol. The maximum Gasteiger partial charge on any atom is 0.253 e. The summed E-state index contributed by atoms with van der Waals surface area (Å²) >= 11 is 0. The average molecular weight is 404 g/mol. The third kappa shape index (κ3) is 5.33. The van der Waals surface area contributed by atoms with Crippen LogP contribution in [-0.4, -0.2) is 34.7 Å². The second-order valence-corrected chi connectivity index (χ2v) is 8.60. The van der Waals surface area contributed by atoms with Crippen molar-refractivity contribution in [2.75, 3.05) is 13.1 Å². The molecule has 1 aromatic carbocycles. The Balaban J connectivity index is 1.63. The first-order valence-corrected chi connectivity index (χ1v) is 10.6. The number of likely N-dealkylation sites (tertiary alicyclic amines) is 1. The molecule has 0 saturated carbocycles.